The number of carbonyl (C=O) groups excluding carboxylic acids is 1. The third-order valence-corrected chi connectivity index (χ3v) is 7.87. The molecule has 0 radical (unpaired) electrons. The SMILES string of the molecule is C=C[C@@H]1[C@@H](c2cc(OC)c3c(c2)OCO3)CN(CC(=O)N(CCCC)CCCC)[C@H]1CCc1ccccn1. The Balaban J connectivity index is 1.59. The van der Waals surface area contributed by atoms with Gasteiger partial charge in [0.05, 0.1) is 13.7 Å². The summed E-state index contributed by atoms with van der Waals surface area (Å²) < 4.78 is 17.0. The number of amides is 1. The largest absolute Gasteiger partial charge is 0.493 e. The monoisotopic (exact) mass is 521 g/mol. The standard InChI is InChI=1S/C31H43N3O4/c1-5-8-16-33(17-9-6-2)30(35)21-34-20-26(23-18-28(36-4)31-29(19-23)37-22-38-31)25(7-3)27(34)14-13-24-12-10-11-15-32-24/h7,10-12,15,18-19,25-27H,3,5-6,8-9,13-14,16-17,20-22H2,1-2,4H3/t25-,26-,27+/m1/s1. The van der Waals surface area contributed by atoms with E-state index in [0.717, 1.165) is 69.4 Å². The summed E-state index contributed by atoms with van der Waals surface area (Å²) >= 11 is 0. The molecular formula is C31H43N3O4. The van der Waals surface area contributed by atoms with Gasteiger partial charge in [0.25, 0.3) is 0 Å². The Morgan fingerprint density at radius 1 is 1.21 bits per heavy atom. The Hall–Kier alpha value is -3.06. The molecule has 2 aliphatic rings. The third kappa shape index (κ3) is 6.49. The van der Waals surface area contributed by atoms with Gasteiger partial charge < -0.3 is 19.1 Å². The normalized spacial score (nSPS) is 20.4. The maximum atomic E-state index is 13.6. The summed E-state index contributed by atoms with van der Waals surface area (Å²) in [6, 6.07) is 10.4. The number of benzene rings is 1. The summed E-state index contributed by atoms with van der Waals surface area (Å²) in [5, 5.41) is 0. The molecule has 0 bridgehead atoms. The second-order valence-corrected chi connectivity index (χ2v) is 10.3. The van der Waals surface area contributed by atoms with Crippen LogP contribution in [0.15, 0.2) is 49.2 Å². The van der Waals surface area contributed by atoms with E-state index in [0.29, 0.717) is 23.8 Å². The van der Waals surface area contributed by atoms with Crippen LogP contribution < -0.4 is 14.2 Å². The molecule has 7 heteroatoms. The Morgan fingerprint density at radius 3 is 2.66 bits per heavy atom. The Bertz CT molecular complexity index is 1050. The molecule has 1 saturated heterocycles. The summed E-state index contributed by atoms with van der Waals surface area (Å²) in [6.45, 7) is 11.6. The zero-order valence-electron chi connectivity index (χ0n) is 23.2. The molecule has 206 valence electrons. The van der Waals surface area contributed by atoms with Crippen LogP contribution in [0.1, 0.15) is 63.1 Å². The minimum atomic E-state index is 0.164. The van der Waals surface area contributed by atoms with Gasteiger partial charge in [-0.3, -0.25) is 14.7 Å². The van der Waals surface area contributed by atoms with Crippen LogP contribution >= 0.6 is 0 Å². The van der Waals surface area contributed by atoms with Gasteiger partial charge in [-0.25, -0.2) is 0 Å². The summed E-state index contributed by atoms with van der Waals surface area (Å²) in [7, 11) is 1.66. The van der Waals surface area contributed by atoms with E-state index in [-0.39, 0.29) is 30.6 Å². The van der Waals surface area contributed by atoms with E-state index in [1.54, 1.807) is 7.11 Å². The van der Waals surface area contributed by atoms with Gasteiger partial charge in [-0.1, -0.05) is 38.8 Å². The van der Waals surface area contributed by atoms with Crippen LogP contribution in [-0.2, 0) is 11.2 Å². The van der Waals surface area contributed by atoms with E-state index in [9.17, 15) is 4.79 Å². The number of likely N-dealkylation sites (tertiary alicyclic amines) is 1. The van der Waals surface area contributed by atoms with E-state index in [1.165, 1.54) is 0 Å². The lowest BCUT2D eigenvalue weighted by Gasteiger charge is -2.30. The van der Waals surface area contributed by atoms with Crippen LogP contribution in [0.3, 0.4) is 0 Å². The van der Waals surface area contributed by atoms with Crippen LogP contribution in [0.25, 0.3) is 0 Å². The molecule has 2 aromatic rings. The molecule has 1 aromatic heterocycles. The van der Waals surface area contributed by atoms with E-state index < -0.39 is 0 Å². The van der Waals surface area contributed by atoms with Crippen molar-refractivity contribution >= 4 is 5.91 Å². The highest BCUT2D eigenvalue weighted by Crippen LogP contribution is 2.47. The molecule has 0 spiro atoms. The predicted octanol–water partition coefficient (Wildman–Crippen LogP) is 5.45. The molecule has 1 fully saturated rings. The van der Waals surface area contributed by atoms with E-state index in [1.807, 2.05) is 18.3 Å². The van der Waals surface area contributed by atoms with Crippen molar-refractivity contribution < 1.29 is 19.0 Å². The van der Waals surface area contributed by atoms with Crippen molar-refractivity contribution in [1.29, 1.82) is 0 Å². The Kier molecular flexibility index (Phi) is 10.0. The van der Waals surface area contributed by atoms with Gasteiger partial charge in [0, 0.05) is 49.4 Å². The number of rotatable bonds is 14. The highest BCUT2D eigenvalue weighted by molar-refractivity contribution is 5.78. The fourth-order valence-corrected chi connectivity index (χ4v) is 5.77. The predicted molar refractivity (Wildman–Crippen MR) is 150 cm³/mol. The lowest BCUT2D eigenvalue weighted by atomic mass is 9.83. The minimum Gasteiger partial charge on any atom is -0.493 e. The van der Waals surface area contributed by atoms with Gasteiger partial charge in [0.1, 0.15) is 0 Å². The topological polar surface area (TPSA) is 64.1 Å². The molecule has 3 atom stereocenters. The molecule has 3 heterocycles. The van der Waals surface area contributed by atoms with Crippen molar-refractivity contribution in [2.75, 3.05) is 40.1 Å². The Labute approximate surface area is 227 Å². The maximum absolute atomic E-state index is 13.6. The zero-order chi connectivity index (χ0) is 26.9. The van der Waals surface area contributed by atoms with Crippen LogP contribution in [0.5, 0.6) is 17.2 Å². The van der Waals surface area contributed by atoms with Crippen LogP contribution in [-0.4, -0.2) is 66.8 Å². The minimum absolute atomic E-state index is 0.164. The lowest BCUT2D eigenvalue weighted by Crippen LogP contribution is -2.44. The third-order valence-electron chi connectivity index (χ3n) is 7.87. The van der Waals surface area contributed by atoms with Gasteiger partial charge in [-0.2, -0.15) is 0 Å². The molecular weight excluding hydrogens is 478 g/mol. The van der Waals surface area contributed by atoms with Crippen molar-refractivity contribution in [3.05, 3.63) is 60.4 Å². The van der Waals surface area contributed by atoms with Crippen molar-refractivity contribution in [2.24, 2.45) is 5.92 Å². The Morgan fingerprint density at radius 2 is 2.00 bits per heavy atom. The molecule has 0 saturated carbocycles. The number of carbonyl (C=O) groups is 1. The van der Waals surface area contributed by atoms with Crippen molar-refractivity contribution in [2.45, 2.75) is 64.3 Å². The van der Waals surface area contributed by atoms with E-state index in [2.05, 4.69) is 59.5 Å². The summed E-state index contributed by atoms with van der Waals surface area (Å²) in [5.41, 5.74) is 2.20. The zero-order valence-corrected chi connectivity index (χ0v) is 23.2. The van der Waals surface area contributed by atoms with E-state index in [4.69, 9.17) is 14.2 Å². The first-order valence-electron chi connectivity index (χ1n) is 14.1. The fourth-order valence-electron chi connectivity index (χ4n) is 5.77. The number of hydrogen-bond donors (Lipinski definition) is 0. The number of aromatic nitrogens is 1. The first-order chi connectivity index (χ1) is 18.6. The smallest absolute Gasteiger partial charge is 0.236 e. The number of nitrogens with zero attached hydrogens (tertiary/aromatic N) is 3. The highest BCUT2D eigenvalue weighted by Gasteiger charge is 2.42. The number of ether oxygens (including phenoxy) is 3. The van der Waals surface area contributed by atoms with E-state index >= 15 is 0 Å². The number of unbranched alkanes of at least 4 members (excludes halogenated alkanes) is 2. The second-order valence-electron chi connectivity index (χ2n) is 10.3. The maximum Gasteiger partial charge on any atom is 0.236 e. The van der Waals surface area contributed by atoms with Gasteiger partial charge in [-0.15, -0.1) is 6.58 Å². The molecule has 1 amide bonds. The number of fused-ring (bicyclic) bond motifs is 1. The van der Waals surface area contributed by atoms with Crippen LogP contribution in [0.2, 0.25) is 0 Å². The van der Waals surface area contributed by atoms with Gasteiger partial charge in [-0.05, 0) is 55.5 Å². The fraction of sp³-hybridized carbons (Fsp3) is 0.548. The molecule has 0 unspecified atom stereocenters. The molecule has 2 aliphatic heterocycles. The van der Waals surface area contributed by atoms with Crippen molar-refractivity contribution in [3.63, 3.8) is 0 Å². The summed E-state index contributed by atoms with van der Waals surface area (Å²) in [6.07, 6.45) is 9.91. The molecule has 7 nitrogen and oxygen atoms in total. The van der Waals surface area contributed by atoms with Crippen molar-refractivity contribution in [1.82, 2.24) is 14.8 Å². The second kappa shape index (κ2) is 13.7. The van der Waals surface area contributed by atoms with Crippen molar-refractivity contribution in [3.8, 4) is 17.2 Å². The quantitative estimate of drug-likeness (QED) is 0.308. The van der Waals surface area contributed by atoms with Crippen LogP contribution in [0.4, 0.5) is 0 Å². The lowest BCUT2D eigenvalue weighted by molar-refractivity contribution is -0.132. The molecule has 4 rings (SSSR count). The average Bonchev–Trinajstić information content (AvgIpc) is 3.56. The number of pyridine rings is 1. The van der Waals surface area contributed by atoms with Gasteiger partial charge >= 0.3 is 0 Å². The first-order valence-corrected chi connectivity index (χ1v) is 14.1. The molecule has 38 heavy (non-hydrogen) atoms. The summed E-state index contributed by atoms with van der Waals surface area (Å²) in [4.78, 5) is 22.6. The number of hydrogen-bond acceptors (Lipinski definition) is 6. The molecule has 0 N–H and O–H groups in total. The summed E-state index contributed by atoms with van der Waals surface area (Å²) in [5.74, 6) is 2.62. The van der Waals surface area contributed by atoms with Crippen LogP contribution in [0, 0.1) is 5.92 Å². The number of aryl methyl sites for hydroxylation is 1. The molecule has 1 aromatic carbocycles. The van der Waals surface area contributed by atoms with Gasteiger partial charge in [0.15, 0.2) is 11.5 Å². The van der Waals surface area contributed by atoms with Gasteiger partial charge in [0.2, 0.25) is 18.4 Å². The number of methoxy groups -OCH3 is 1. The first kappa shape index (κ1) is 28.0. The highest BCUT2D eigenvalue weighted by atomic mass is 16.7. The average molecular weight is 522 g/mol. The molecule has 0 aliphatic carbocycles.